The summed E-state index contributed by atoms with van der Waals surface area (Å²) in [5.41, 5.74) is 5.95. The van der Waals surface area contributed by atoms with Gasteiger partial charge >= 0.3 is 0 Å². The van der Waals surface area contributed by atoms with E-state index in [1.54, 1.807) is 6.20 Å². The van der Waals surface area contributed by atoms with E-state index in [1.165, 1.54) is 26.5 Å². The number of nitrogens with zero attached hydrogens (tertiary/aromatic N) is 6. The summed E-state index contributed by atoms with van der Waals surface area (Å²) in [4.78, 5) is 21.4. The number of hydrogen-bond donors (Lipinski definition) is 2. The highest BCUT2D eigenvalue weighted by Crippen LogP contribution is 2.33. The fourth-order valence-electron chi connectivity index (χ4n) is 4.22. The van der Waals surface area contributed by atoms with Crippen LogP contribution in [-0.4, -0.2) is 56.8 Å². The fourth-order valence-corrected chi connectivity index (χ4v) is 4.22. The molecule has 1 aliphatic heterocycles. The number of benzene rings is 1. The number of piperidine rings is 1. The zero-order chi connectivity index (χ0) is 26.1. The molecule has 4 aromatic rings. The Morgan fingerprint density at radius 2 is 1.74 bits per heavy atom. The lowest BCUT2D eigenvalue weighted by atomic mass is 10.1. The van der Waals surface area contributed by atoms with E-state index in [4.69, 9.17) is 15.2 Å². The summed E-state index contributed by atoms with van der Waals surface area (Å²) < 4.78 is 42.6. The average molecular weight is 547 g/mol. The molecule has 1 aliphatic rings. The van der Waals surface area contributed by atoms with Gasteiger partial charge in [0.15, 0.2) is 29.0 Å². The van der Waals surface area contributed by atoms with Crippen LogP contribution in [0.2, 0.25) is 0 Å². The van der Waals surface area contributed by atoms with Crippen LogP contribution in [0.25, 0.3) is 28.3 Å². The van der Waals surface area contributed by atoms with Crippen molar-refractivity contribution in [3.63, 3.8) is 0 Å². The number of hydrogen-bond acceptors (Lipinski definition) is 9. The summed E-state index contributed by atoms with van der Waals surface area (Å²) in [5, 5.41) is 12.0. The second kappa shape index (κ2) is 11.1. The van der Waals surface area contributed by atoms with Crippen LogP contribution in [0.5, 0.6) is 11.5 Å². The van der Waals surface area contributed by atoms with E-state index in [0.717, 1.165) is 43.6 Å². The maximum Gasteiger partial charge on any atom is 0.271 e. The van der Waals surface area contributed by atoms with E-state index < -0.39 is 22.9 Å². The predicted octanol–water partition coefficient (Wildman–Crippen LogP) is 2.78. The second-order valence-corrected chi connectivity index (χ2v) is 8.41. The molecule has 200 valence electrons. The topological polar surface area (TPSA) is 135 Å². The molecule has 3 N–H and O–H groups in total. The van der Waals surface area contributed by atoms with Crippen molar-refractivity contribution in [3.05, 3.63) is 58.8 Å². The van der Waals surface area contributed by atoms with Crippen molar-refractivity contribution in [1.82, 2.24) is 34.8 Å². The Kier molecular flexibility index (Phi) is 7.88. The van der Waals surface area contributed by atoms with Gasteiger partial charge < -0.3 is 20.5 Å². The molecule has 1 fully saturated rings. The highest BCUT2D eigenvalue weighted by Gasteiger charge is 2.24. The molecule has 5 rings (SSSR count). The summed E-state index contributed by atoms with van der Waals surface area (Å²) in [5.74, 6) is -2.86. The SMILES string of the molecule is COc1cc(OC)c(F)c(-n2nc(-c3nc(-c4cnn(C5CCNCC5)c4)cnc3N)ccc2=O)c1F.Cl. The molecular formula is C24H25ClF2N8O3. The molecule has 11 nitrogen and oxygen atoms in total. The summed E-state index contributed by atoms with van der Waals surface area (Å²) in [6.45, 7) is 1.85. The molecule has 4 heterocycles. The third-order valence-electron chi connectivity index (χ3n) is 6.19. The molecule has 0 aliphatic carbocycles. The predicted molar refractivity (Wildman–Crippen MR) is 138 cm³/mol. The lowest BCUT2D eigenvalue weighted by molar-refractivity contribution is 0.343. The summed E-state index contributed by atoms with van der Waals surface area (Å²) in [6, 6.07) is 3.79. The molecule has 3 aromatic heterocycles. The van der Waals surface area contributed by atoms with Gasteiger partial charge in [-0.15, -0.1) is 12.4 Å². The molecule has 0 saturated carbocycles. The maximum atomic E-state index is 15.1. The molecule has 0 atom stereocenters. The zero-order valence-corrected chi connectivity index (χ0v) is 21.3. The normalized spacial score (nSPS) is 13.7. The first-order valence-corrected chi connectivity index (χ1v) is 11.5. The van der Waals surface area contributed by atoms with Gasteiger partial charge in [0.1, 0.15) is 17.1 Å². The summed E-state index contributed by atoms with van der Waals surface area (Å²) in [6.07, 6.45) is 7.01. The Morgan fingerprint density at radius 3 is 2.39 bits per heavy atom. The van der Waals surface area contributed by atoms with Crippen LogP contribution < -0.4 is 26.1 Å². The maximum absolute atomic E-state index is 15.1. The number of methoxy groups -OCH3 is 2. The van der Waals surface area contributed by atoms with Crippen molar-refractivity contribution >= 4 is 18.2 Å². The van der Waals surface area contributed by atoms with Gasteiger partial charge in [0, 0.05) is 23.9 Å². The number of ether oxygens (including phenoxy) is 2. The number of anilines is 1. The molecule has 0 amide bonds. The van der Waals surface area contributed by atoms with Gasteiger partial charge in [-0.2, -0.15) is 14.9 Å². The first-order chi connectivity index (χ1) is 17.9. The molecule has 1 saturated heterocycles. The average Bonchev–Trinajstić information content (AvgIpc) is 3.41. The van der Waals surface area contributed by atoms with Crippen molar-refractivity contribution in [2.75, 3.05) is 33.0 Å². The molecule has 0 radical (unpaired) electrons. The van der Waals surface area contributed by atoms with E-state index in [9.17, 15) is 4.79 Å². The minimum Gasteiger partial charge on any atom is -0.493 e. The lowest BCUT2D eigenvalue weighted by Gasteiger charge is -2.22. The van der Waals surface area contributed by atoms with Crippen LogP contribution in [0.3, 0.4) is 0 Å². The quantitative estimate of drug-likeness (QED) is 0.374. The highest BCUT2D eigenvalue weighted by atomic mass is 35.5. The Bertz CT molecular complexity index is 1490. The van der Waals surface area contributed by atoms with Gasteiger partial charge in [0.2, 0.25) is 0 Å². The number of nitrogens with two attached hydrogens (primary N) is 1. The number of rotatable bonds is 6. The molecule has 0 spiro atoms. The van der Waals surface area contributed by atoms with Gasteiger partial charge in [0.05, 0.1) is 38.3 Å². The van der Waals surface area contributed by atoms with Crippen LogP contribution in [0.15, 0.2) is 41.6 Å². The first kappa shape index (κ1) is 26.9. The van der Waals surface area contributed by atoms with Crippen LogP contribution in [0.1, 0.15) is 18.9 Å². The standard InChI is InChI=1S/C24H24F2N8O3.ClH/c1-36-17-9-18(37-2)21(26)23(20(17)25)34-19(35)4-3-15(32-34)22-24(27)29-11-16(31-22)13-10-30-33(12-13)14-5-7-28-8-6-14;/h3-4,9-12,14,28H,5-8H2,1-2H3,(H2,27,29);1H. The van der Waals surface area contributed by atoms with Crippen LogP contribution in [-0.2, 0) is 0 Å². The number of nitrogen functional groups attached to an aromatic ring is 1. The van der Waals surface area contributed by atoms with Crippen molar-refractivity contribution in [3.8, 4) is 39.8 Å². The minimum absolute atomic E-state index is 0. The van der Waals surface area contributed by atoms with Gasteiger partial charge in [-0.1, -0.05) is 0 Å². The molecule has 0 unspecified atom stereocenters. The van der Waals surface area contributed by atoms with E-state index in [0.29, 0.717) is 10.4 Å². The largest absolute Gasteiger partial charge is 0.493 e. The van der Waals surface area contributed by atoms with Gasteiger partial charge in [-0.3, -0.25) is 9.48 Å². The Balaban J connectivity index is 0.00000336. The molecule has 38 heavy (non-hydrogen) atoms. The zero-order valence-electron chi connectivity index (χ0n) is 20.5. The van der Waals surface area contributed by atoms with E-state index in [-0.39, 0.29) is 47.2 Å². The van der Waals surface area contributed by atoms with Gasteiger partial charge in [-0.25, -0.2) is 18.7 Å². The van der Waals surface area contributed by atoms with Gasteiger partial charge in [-0.05, 0) is 32.0 Å². The second-order valence-electron chi connectivity index (χ2n) is 8.41. The van der Waals surface area contributed by atoms with E-state index in [2.05, 4.69) is 25.5 Å². The number of nitrogens with one attached hydrogen (secondary N) is 1. The van der Waals surface area contributed by atoms with Gasteiger partial charge in [0.25, 0.3) is 5.56 Å². The highest BCUT2D eigenvalue weighted by molar-refractivity contribution is 5.85. The van der Waals surface area contributed by atoms with Crippen molar-refractivity contribution in [2.45, 2.75) is 18.9 Å². The lowest BCUT2D eigenvalue weighted by Crippen LogP contribution is -2.29. The first-order valence-electron chi connectivity index (χ1n) is 11.5. The Morgan fingerprint density at radius 1 is 1.05 bits per heavy atom. The molecular weight excluding hydrogens is 522 g/mol. The van der Waals surface area contributed by atoms with Crippen molar-refractivity contribution in [1.29, 1.82) is 0 Å². The minimum atomic E-state index is -1.12. The smallest absolute Gasteiger partial charge is 0.271 e. The fraction of sp³-hybridized carbons (Fsp3) is 0.292. The number of halogens is 3. The van der Waals surface area contributed by atoms with Crippen molar-refractivity contribution < 1.29 is 18.3 Å². The van der Waals surface area contributed by atoms with Crippen LogP contribution >= 0.6 is 12.4 Å². The third-order valence-corrected chi connectivity index (χ3v) is 6.19. The Labute approximate surface area is 222 Å². The van der Waals surface area contributed by atoms with Crippen LogP contribution in [0.4, 0.5) is 14.6 Å². The molecule has 1 aromatic carbocycles. The number of aromatic nitrogens is 6. The van der Waals surface area contributed by atoms with E-state index >= 15 is 8.78 Å². The summed E-state index contributed by atoms with van der Waals surface area (Å²) >= 11 is 0. The van der Waals surface area contributed by atoms with Crippen LogP contribution in [0, 0.1) is 11.6 Å². The summed E-state index contributed by atoms with van der Waals surface area (Å²) in [7, 11) is 2.42. The van der Waals surface area contributed by atoms with E-state index in [1.807, 2.05) is 10.9 Å². The molecule has 14 heteroatoms. The monoisotopic (exact) mass is 546 g/mol. The molecule has 0 bridgehead atoms. The Hall–Kier alpha value is -4.10. The third kappa shape index (κ3) is 4.89. The van der Waals surface area contributed by atoms with Crippen molar-refractivity contribution in [2.24, 2.45) is 0 Å².